The summed E-state index contributed by atoms with van der Waals surface area (Å²) in [6.45, 7) is 3.44. The van der Waals surface area contributed by atoms with E-state index in [1.54, 1.807) is 38.1 Å². The van der Waals surface area contributed by atoms with Gasteiger partial charge in [-0.25, -0.2) is 8.42 Å². The molecule has 9 nitrogen and oxygen atoms in total. The minimum absolute atomic E-state index is 0.0660. The second-order valence-corrected chi connectivity index (χ2v) is 11.7. The molecule has 0 saturated heterocycles. The molecule has 0 aromatic heterocycles. The van der Waals surface area contributed by atoms with Crippen molar-refractivity contribution in [1.29, 1.82) is 0 Å². The van der Waals surface area contributed by atoms with Crippen molar-refractivity contribution >= 4 is 50.7 Å². The van der Waals surface area contributed by atoms with Gasteiger partial charge < -0.3 is 19.7 Å². The summed E-state index contributed by atoms with van der Waals surface area (Å²) in [7, 11) is -1.46. The van der Waals surface area contributed by atoms with E-state index in [1.165, 1.54) is 61.6 Å². The molecular weight excluding hydrogens is 589 g/mol. The van der Waals surface area contributed by atoms with Crippen molar-refractivity contribution in [2.45, 2.75) is 37.8 Å². The van der Waals surface area contributed by atoms with Crippen LogP contribution in [0.3, 0.4) is 0 Å². The van der Waals surface area contributed by atoms with Crippen LogP contribution in [0, 0.1) is 0 Å². The van der Waals surface area contributed by atoms with Crippen molar-refractivity contribution in [1.82, 2.24) is 10.2 Å². The third-order valence-corrected chi connectivity index (χ3v) is 8.61. The highest BCUT2D eigenvalue weighted by Gasteiger charge is 2.34. The highest BCUT2D eigenvalue weighted by atomic mass is 35.5. The highest BCUT2D eigenvalue weighted by molar-refractivity contribution is 7.92. The molecule has 3 aromatic carbocycles. The van der Waals surface area contributed by atoms with Gasteiger partial charge in [-0.2, -0.15) is 0 Å². The van der Waals surface area contributed by atoms with E-state index in [4.69, 9.17) is 32.7 Å². The number of methoxy groups -OCH3 is 2. The van der Waals surface area contributed by atoms with E-state index in [0.717, 1.165) is 9.87 Å². The highest BCUT2D eigenvalue weighted by Crippen LogP contribution is 2.33. The third kappa shape index (κ3) is 7.84. The number of likely N-dealkylation sites (N-methyl/N-ethyl adjacent to an activating group) is 1. The minimum atomic E-state index is -4.31. The zero-order valence-electron chi connectivity index (χ0n) is 23.3. The molecule has 0 aliphatic rings. The number of ether oxygens (including phenoxy) is 2. The van der Waals surface area contributed by atoms with Gasteiger partial charge in [-0.1, -0.05) is 42.3 Å². The molecule has 0 spiro atoms. The van der Waals surface area contributed by atoms with Crippen LogP contribution in [0.1, 0.15) is 25.8 Å². The van der Waals surface area contributed by atoms with E-state index in [2.05, 4.69) is 5.32 Å². The topological polar surface area (TPSA) is 105 Å². The number of hydrogen-bond acceptors (Lipinski definition) is 6. The summed E-state index contributed by atoms with van der Waals surface area (Å²) in [6.07, 6.45) is 0.314. The number of sulfonamides is 1. The van der Waals surface area contributed by atoms with E-state index in [0.29, 0.717) is 28.8 Å². The molecule has 220 valence electrons. The SMILES string of the molecule is CCNC(=O)[C@H](CC)N(Cc1ccc(Cl)cc1)C(=O)CN(c1ccc(Cl)cc1)S(=O)(=O)c1ccc(OC)c(OC)c1. The first-order valence-electron chi connectivity index (χ1n) is 12.9. The molecule has 3 aromatic rings. The fraction of sp³-hybridized carbons (Fsp3) is 0.310. The number of nitrogens with zero attached hydrogens (tertiary/aromatic N) is 2. The zero-order chi connectivity index (χ0) is 30.2. The van der Waals surface area contributed by atoms with Crippen molar-refractivity contribution in [3.8, 4) is 11.5 Å². The molecule has 0 radical (unpaired) electrons. The lowest BCUT2D eigenvalue weighted by molar-refractivity contribution is -0.140. The number of carbonyl (C=O) groups is 2. The summed E-state index contributed by atoms with van der Waals surface area (Å²) in [6, 6.07) is 16.3. The van der Waals surface area contributed by atoms with Crippen molar-refractivity contribution < 1.29 is 27.5 Å². The summed E-state index contributed by atoms with van der Waals surface area (Å²) in [5, 5.41) is 3.69. The number of benzene rings is 3. The number of nitrogens with one attached hydrogen (secondary N) is 1. The van der Waals surface area contributed by atoms with Gasteiger partial charge in [-0.05, 0) is 67.4 Å². The Morgan fingerprint density at radius 1 is 0.878 bits per heavy atom. The van der Waals surface area contributed by atoms with E-state index < -0.39 is 28.5 Å². The van der Waals surface area contributed by atoms with Crippen LogP contribution < -0.4 is 19.1 Å². The van der Waals surface area contributed by atoms with E-state index in [1.807, 2.05) is 0 Å². The Balaban J connectivity index is 2.09. The molecule has 0 saturated carbocycles. The minimum Gasteiger partial charge on any atom is -0.493 e. The molecular formula is C29H33Cl2N3O6S. The molecule has 0 bridgehead atoms. The quantitative estimate of drug-likeness (QED) is 0.283. The summed E-state index contributed by atoms with van der Waals surface area (Å²) in [4.78, 5) is 28.3. The summed E-state index contributed by atoms with van der Waals surface area (Å²) in [5.74, 6) is -0.347. The van der Waals surface area contributed by atoms with Gasteiger partial charge in [0, 0.05) is 29.2 Å². The van der Waals surface area contributed by atoms with Crippen molar-refractivity contribution in [2.24, 2.45) is 0 Å². The van der Waals surface area contributed by atoms with Crippen LogP contribution in [-0.4, -0.2) is 58.5 Å². The van der Waals surface area contributed by atoms with Crippen LogP contribution in [0.2, 0.25) is 10.0 Å². The van der Waals surface area contributed by atoms with Crippen molar-refractivity contribution in [3.05, 3.63) is 82.3 Å². The van der Waals surface area contributed by atoms with Crippen molar-refractivity contribution in [3.63, 3.8) is 0 Å². The maximum Gasteiger partial charge on any atom is 0.264 e. The molecule has 0 unspecified atom stereocenters. The Bertz CT molecular complexity index is 1450. The smallest absolute Gasteiger partial charge is 0.264 e. The van der Waals surface area contributed by atoms with Gasteiger partial charge >= 0.3 is 0 Å². The van der Waals surface area contributed by atoms with Gasteiger partial charge in [-0.3, -0.25) is 13.9 Å². The molecule has 1 N–H and O–H groups in total. The first-order valence-corrected chi connectivity index (χ1v) is 15.1. The maximum absolute atomic E-state index is 14.0. The largest absolute Gasteiger partial charge is 0.493 e. The van der Waals surface area contributed by atoms with Gasteiger partial charge in [0.2, 0.25) is 11.8 Å². The summed E-state index contributed by atoms with van der Waals surface area (Å²) < 4.78 is 39.6. The van der Waals surface area contributed by atoms with E-state index in [-0.39, 0.29) is 28.8 Å². The monoisotopic (exact) mass is 621 g/mol. The molecule has 2 amide bonds. The maximum atomic E-state index is 14.0. The molecule has 12 heteroatoms. The Kier molecular flexibility index (Phi) is 11.3. The molecule has 0 fully saturated rings. The summed E-state index contributed by atoms with van der Waals surface area (Å²) >= 11 is 12.1. The van der Waals surface area contributed by atoms with Crippen molar-refractivity contribution in [2.75, 3.05) is 31.6 Å². The third-order valence-electron chi connectivity index (χ3n) is 6.34. The molecule has 0 aliphatic heterocycles. The van der Waals surface area contributed by atoms with E-state index in [9.17, 15) is 18.0 Å². The van der Waals surface area contributed by atoms with Crippen LogP contribution in [0.5, 0.6) is 11.5 Å². The standard InChI is InChI=1S/C29H33Cl2N3O6S/c1-5-25(29(36)32-6-2)33(18-20-7-9-21(30)10-8-20)28(35)19-34(23-13-11-22(31)12-14-23)41(37,38)24-15-16-26(39-3)27(17-24)40-4/h7-17,25H,5-6,18-19H2,1-4H3,(H,32,36)/t25-/m0/s1. The van der Waals surface area contributed by atoms with Crippen LogP contribution in [-0.2, 0) is 26.2 Å². The number of halogens is 2. The van der Waals surface area contributed by atoms with Gasteiger partial charge in [0.05, 0.1) is 24.8 Å². The van der Waals surface area contributed by atoms with Gasteiger partial charge in [0.25, 0.3) is 10.0 Å². The van der Waals surface area contributed by atoms with Gasteiger partial charge in [-0.15, -0.1) is 0 Å². The summed E-state index contributed by atoms with van der Waals surface area (Å²) in [5.41, 5.74) is 0.946. The number of amides is 2. The normalized spacial score (nSPS) is 11.9. The molecule has 41 heavy (non-hydrogen) atoms. The van der Waals surface area contributed by atoms with Gasteiger partial charge in [0.15, 0.2) is 11.5 Å². The Morgan fingerprint density at radius 3 is 2.00 bits per heavy atom. The first-order chi connectivity index (χ1) is 19.5. The number of carbonyl (C=O) groups excluding carboxylic acids is 2. The zero-order valence-corrected chi connectivity index (χ0v) is 25.6. The molecule has 0 aliphatic carbocycles. The second-order valence-electron chi connectivity index (χ2n) is 8.97. The molecule has 0 heterocycles. The van der Waals surface area contributed by atoms with E-state index >= 15 is 0 Å². The Hall–Kier alpha value is -3.47. The fourth-order valence-electron chi connectivity index (χ4n) is 4.24. The Labute approximate surface area is 251 Å². The fourth-order valence-corrected chi connectivity index (χ4v) is 5.92. The van der Waals surface area contributed by atoms with Crippen LogP contribution >= 0.6 is 23.2 Å². The lowest BCUT2D eigenvalue weighted by Gasteiger charge is -2.33. The van der Waals surface area contributed by atoms with Gasteiger partial charge in [0.1, 0.15) is 12.6 Å². The number of hydrogen-bond donors (Lipinski definition) is 1. The lowest BCUT2D eigenvalue weighted by Crippen LogP contribution is -2.52. The first kappa shape index (κ1) is 32.0. The lowest BCUT2D eigenvalue weighted by atomic mass is 10.1. The number of anilines is 1. The van der Waals surface area contributed by atoms with Crippen LogP contribution in [0.4, 0.5) is 5.69 Å². The Morgan fingerprint density at radius 2 is 1.46 bits per heavy atom. The predicted molar refractivity (Wildman–Crippen MR) is 160 cm³/mol. The van der Waals surface area contributed by atoms with Crippen LogP contribution in [0.15, 0.2) is 71.6 Å². The average Bonchev–Trinajstić information content (AvgIpc) is 2.96. The number of rotatable bonds is 13. The molecule has 1 atom stereocenters. The average molecular weight is 623 g/mol. The van der Waals surface area contributed by atoms with Crippen LogP contribution in [0.25, 0.3) is 0 Å². The molecule has 3 rings (SSSR count). The predicted octanol–water partition coefficient (Wildman–Crippen LogP) is 5.15. The second kappa shape index (κ2) is 14.4.